The van der Waals surface area contributed by atoms with E-state index in [-0.39, 0.29) is 6.54 Å². The number of hydrogen-bond donors (Lipinski definition) is 1. The fourth-order valence-electron chi connectivity index (χ4n) is 2.06. The number of carbonyl (C=O) groups is 2. The first kappa shape index (κ1) is 14.4. The van der Waals surface area contributed by atoms with Crippen molar-refractivity contribution in [1.82, 2.24) is 5.32 Å². The van der Waals surface area contributed by atoms with Gasteiger partial charge in [-0.2, -0.15) is 13.2 Å². The summed E-state index contributed by atoms with van der Waals surface area (Å²) >= 11 is 0. The zero-order chi connectivity index (χ0) is 14.9. The van der Waals surface area contributed by atoms with Crippen LogP contribution in [-0.4, -0.2) is 18.5 Å². The van der Waals surface area contributed by atoms with E-state index in [0.29, 0.717) is 11.3 Å². The van der Waals surface area contributed by atoms with Crippen LogP contribution in [-0.2, 0) is 11.0 Å². The molecule has 1 atom stereocenters. The molecular formula is C13H13F3N2O2. The van der Waals surface area contributed by atoms with Crippen molar-refractivity contribution in [3.63, 3.8) is 0 Å². The molecule has 1 heterocycles. The highest BCUT2D eigenvalue weighted by molar-refractivity contribution is 6.15. The SMILES string of the molecule is CC1CCNC(=O)N(c2ccccc2C(F)(F)F)C1=O. The molecule has 0 radical (unpaired) electrons. The van der Waals surface area contributed by atoms with E-state index in [9.17, 15) is 22.8 Å². The Hall–Kier alpha value is -2.05. The van der Waals surface area contributed by atoms with Gasteiger partial charge in [0.1, 0.15) is 0 Å². The molecule has 1 aliphatic rings. The van der Waals surface area contributed by atoms with E-state index in [1.54, 1.807) is 6.92 Å². The molecule has 0 aromatic heterocycles. The monoisotopic (exact) mass is 286 g/mol. The predicted molar refractivity (Wildman–Crippen MR) is 66.1 cm³/mol. The smallest absolute Gasteiger partial charge is 0.337 e. The van der Waals surface area contributed by atoms with Crippen molar-refractivity contribution in [3.8, 4) is 0 Å². The number of rotatable bonds is 1. The molecular weight excluding hydrogens is 273 g/mol. The number of nitrogens with zero attached hydrogens (tertiary/aromatic N) is 1. The highest BCUT2D eigenvalue weighted by Crippen LogP contribution is 2.37. The molecule has 1 saturated heterocycles. The van der Waals surface area contributed by atoms with Crippen LogP contribution in [0.15, 0.2) is 24.3 Å². The number of imide groups is 1. The van der Waals surface area contributed by atoms with E-state index in [4.69, 9.17) is 0 Å². The maximum Gasteiger partial charge on any atom is 0.418 e. The lowest BCUT2D eigenvalue weighted by molar-refractivity contribution is -0.137. The second-order valence-corrected chi connectivity index (χ2v) is 4.61. The van der Waals surface area contributed by atoms with Gasteiger partial charge in [0.25, 0.3) is 0 Å². The molecule has 1 aromatic rings. The van der Waals surface area contributed by atoms with Gasteiger partial charge in [-0.1, -0.05) is 19.1 Å². The zero-order valence-corrected chi connectivity index (χ0v) is 10.7. The highest BCUT2D eigenvalue weighted by atomic mass is 19.4. The largest absolute Gasteiger partial charge is 0.418 e. The molecule has 1 aromatic carbocycles. The topological polar surface area (TPSA) is 49.4 Å². The quantitative estimate of drug-likeness (QED) is 0.863. The van der Waals surface area contributed by atoms with E-state index in [1.807, 2.05) is 0 Å². The van der Waals surface area contributed by atoms with E-state index in [0.717, 1.165) is 12.1 Å². The summed E-state index contributed by atoms with van der Waals surface area (Å²) in [6.07, 6.45) is -4.23. The predicted octanol–water partition coefficient (Wildman–Crippen LogP) is 2.79. The number of benzene rings is 1. The van der Waals surface area contributed by atoms with Crippen molar-refractivity contribution in [2.24, 2.45) is 5.92 Å². The summed E-state index contributed by atoms with van der Waals surface area (Å²) in [5, 5.41) is 2.43. The lowest BCUT2D eigenvalue weighted by atomic mass is 10.1. The molecule has 0 spiro atoms. The Labute approximate surface area is 113 Å². The summed E-state index contributed by atoms with van der Waals surface area (Å²) in [4.78, 5) is 24.6. The standard InChI is InChI=1S/C13H13F3N2O2/c1-8-6-7-17-12(20)18(11(8)19)10-5-3-2-4-9(10)13(14,15)16/h2-5,8H,6-7H2,1H3,(H,17,20). The Balaban J connectivity index is 2.53. The molecule has 1 aliphatic heterocycles. The van der Waals surface area contributed by atoms with Gasteiger partial charge in [0.2, 0.25) is 5.91 Å². The van der Waals surface area contributed by atoms with E-state index in [2.05, 4.69) is 5.32 Å². The number of anilines is 1. The van der Waals surface area contributed by atoms with Crippen LogP contribution in [0, 0.1) is 5.92 Å². The molecule has 108 valence electrons. The molecule has 0 bridgehead atoms. The summed E-state index contributed by atoms with van der Waals surface area (Å²) in [6, 6.07) is 3.73. The molecule has 3 amide bonds. The average molecular weight is 286 g/mol. The maximum atomic E-state index is 13.0. The Morgan fingerprint density at radius 3 is 2.55 bits per heavy atom. The van der Waals surface area contributed by atoms with Gasteiger partial charge >= 0.3 is 12.2 Å². The number of alkyl halides is 3. The summed E-state index contributed by atoms with van der Waals surface area (Å²) in [6.45, 7) is 1.85. The van der Waals surface area contributed by atoms with Gasteiger partial charge in [0.05, 0.1) is 11.3 Å². The van der Waals surface area contributed by atoms with Crippen molar-refractivity contribution in [2.45, 2.75) is 19.5 Å². The van der Waals surface area contributed by atoms with Gasteiger partial charge in [0, 0.05) is 12.5 Å². The third-order valence-corrected chi connectivity index (χ3v) is 3.15. The first-order valence-corrected chi connectivity index (χ1v) is 6.10. The van der Waals surface area contributed by atoms with Crippen LogP contribution in [0.25, 0.3) is 0 Å². The lowest BCUT2D eigenvalue weighted by Crippen LogP contribution is -2.43. The number of amides is 3. The summed E-state index contributed by atoms with van der Waals surface area (Å²) in [5.74, 6) is -1.15. The van der Waals surface area contributed by atoms with Crippen LogP contribution in [0.5, 0.6) is 0 Å². The highest BCUT2D eigenvalue weighted by Gasteiger charge is 2.39. The molecule has 2 rings (SSSR count). The van der Waals surface area contributed by atoms with Gasteiger partial charge in [-0.15, -0.1) is 0 Å². The fourth-order valence-corrected chi connectivity index (χ4v) is 2.06. The zero-order valence-electron chi connectivity index (χ0n) is 10.7. The number of nitrogens with one attached hydrogen (secondary N) is 1. The van der Waals surface area contributed by atoms with Gasteiger partial charge < -0.3 is 5.32 Å². The third kappa shape index (κ3) is 2.61. The Kier molecular flexibility index (Phi) is 3.69. The summed E-state index contributed by atoms with van der Waals surface area (Å²) < 4.78 is 39.0. The van der Waals surface area contributed by atoms with Crippen LogP contribution in [0.2, 0.25) is 0 Å². The van der Waals surface area contributed by atoms with Crippen LogP contribution >= 0.6 is 0 Å². The Bertz CT molecular complexity index is 543. The Morgan fingerprint density at radius 2 is 1.90 bits per heavy atom. The van der Waals surface area contributed by atoms with Crippen molar-refractivity contribution in [1.29, 1.82) is 0 Å². The first-order chi connectivity index (χ1) is 9.32. The lowest BCUT2D eigenvalue weighted by Gasteiger charge is -2.23. The average Bonchev–Trinajstić information content (AvgIpc) is 2.49. The van der Waals surface area contributed by atoms with Crippen LogP contribution < -0.4 is 10.2 Å². The van der Waals surface area contributed by atoms with Crippen molar-refractivity contribution >= 4 is 17.6 Å². The number of carbonyl (C=O) groups excluding carboxylic acids is 2. The summed E-state index contributed by atoms with van der Waals surface area (Å²) in [5.41, 5.74) is -1.44. The van der Waals surface area contributed by atoms with Crippen molar-refractivity contribution in [2.75, 3.05) is 11.4 Å². The molecule has 1 fully saturated rings. The first-order valence-electron chi connectivity index (χ1n) is 6.10. The maximum absolute atomic E-state index is 13.0. The van der Waals surface area contributed by atoms with Crippen LogP contribution in [0.4, 0.5) is 23.7 Å². The molecule has 20 heavy (non-hydrogen) atoms. The Morgan fingerprint density at radius 1 is 1.25 bits per heavy atom. The van der Waals surface area contributed by atoms with E-state index >= 15 is 0 Å². The summed E-state index contributed by atoms with van der Waals surface area (Å²) in [7, 11) is 0. The fraction of sp³-hybridized carbons (Fsp3) is 0.385. The second-order valence-electron chi connectivity index (χ2n) is 4.61. The number of urea groups is 1. The van der Waals surface area contributed by atoms with Crippen LogP contribution in [0.3, 0.4) is 0 Å². The van der Waals surface area contributed by atoms with Gasteiger partial charge in [-0.3, -0.25) is 4.79 Å². The van der Waals surface area contributed by atoms with E-state index < -0.39 is 35.3 Å². The molecule has 4 nitrogen and oxygen atoms in total. The van der Waals surface area contributed by atoms with Gasteiger partial charge in [-0.05, 0) is 18.6 Å². The number of hydrogen-bond acceptors (Lipinski definition) is 2. The normalized spacial score (nSPS) is 20.6. The van der Waals surface area contributed by atoms with Gasteiger partial charge in [0.15, 0.2) is 0 Å². The van der Waals surface area contributed by atoms with Crippen molar-refractivity contribution in [3.05, 3.63) is 29.8 Å². The molecule has 0 saturated carbocycles. The van der Waals surface area contributed by atoms with Crippen LogP contribution in [0.1, 0.15) is 18.9 Å². The van der Waals surface area contributed by atoms with Crippen molar-refractivity contribution < 1.29 is 22.8 Å². The van der Waals surface area contributed by atoms with E-state index in [1.165, 1.54) is 12.1 Å². The molecule has 7 heteroatoms. The minimum atomic E-state index is -4.63. The second kappa shape index (κ2) is 5.15. The molecule has 1 N–H and O–H groups in total. The minimum absolute atomic E-state index is 0.260. The number of halogens is 3. The minimum Gasteiger partial charge on any atom is -0.337 e. The molecule has 1 unspecified atom stereocenters. The molecule has 0 aliphatic carbocycles. The van der Waals surface area contributed by atoms with Gasteiger partial charge in [-0.25, -0.2) is 9.69 Å². The number of para-hydroxylation sites is 1. The third-order valence-electron chi connectivity index (χ3n) is 3.15.